The van der Waals surface area contributed by atoms with Gasteiger partial charge < -0.3 is 15.6 Å². The summed E-state index contributed by atoms with van der Waals surface area (Å²) in [6.07, 6.45) is 5.07. The summed E-state index contributed by atoms with van der Waals surface area (Å²) in [5.74, 6) is 0.145. The minimum Gasteiger partial charge on any atom is -0.464 e. The molecule has 0 bridgehead atoms. The van der Waals surface area contributed by atoms with E-state index in [-0.39, 0.29) is 19.0 Å². The second-order valence-corrected chi connectivity index (χ2v) is 3.90. The van der Waals surface area contributed by atoms with Gasteiger partial charge in [0.25, 0.3) is 0 Å². The maximum absolute atomic E-state index is 11.2. The summed E-state index contributed by atoms with van der Waals surface area (Å²) < 4.78 is 5.07. The van der Waals surface area contributed by atoms with Crippen molar-refractivity contribution in [2.75, 3.05) is 13.2 Å². The average Bonchev–Trinajstić information content (AvgIpc) is 2.67. The van der Waals surface area contributed by atoms with E-state index in [4.69, 9.17) is 15.6 Å². The number of aliphatic hydroxyl groups excluding tert-OH is 1. The Balaban J connectivity index is 2.13. The Morgan fingerprint density at radius 2 is 2.14 bits per heavy atom. The molecule has 4 nitrogen and oxygen atoms in total. The third kappa shape index (κ3) is 3.64. The first-order chi connectivity index (χ1) is 6.74. The quantitative estimate of drug-likeness (QED) is 0.633. The fourth-order valence-corrected chi connectivity index (χ4v) is 1.74. The van der Waals surface area contributed by atoms with Crippen LogP contribution in [0.4, 0.5) is 0 Å². The predicted octanol–water partition coefficient (Wildman–Crippen LogP) is 0.429. The first-order valence-corrected chi connectivity index (χ1v) is 5.27. The highest BCUT2D eigenvalue weighted by atomic mass is 16.5. The standard InChI is InChI=1S/C10H19NO3/c11-9(5-6-12)10(13)14-7-8-3-1-2-4-8/h8-9,12H,1-7,11H2/t9-/m0/s1. The molecular weight excluding hydrogens is 182 g/mol. The average molecular weight is 201 g/mol. The molecular formula is C10H19NO3. The molecule has 1 saturated carbocycles. The van der Waals surface area contributed by atoms with Crippen LogP contribution in [0.25, 0.3) is 0 Å². The molecule has 0 saturated heterocycles. The minimum absolute atomic E-state index is 0.0697. The van der Waals surface area contributed by atoms with Crippen molar-refractivity contribution in [3.05, 3.63) is 0 Å². The van der Waals surface area contributed by atoms with E-state index in [1.807, 2.05) is 0 Å². The molecule has 1 aliphatic carbocycles. The summed E-state index contributed by atoms with van der Waals surface area (Å²) in [7, 11) is 0. The van der Waals surface area contributed by atoms with Crippen molar-refractivity contribution in [1.82, 2.24) is 0 Å². The first kappa shape index (κ1) is 11.5. The van der Waals surface area contributed by atoms with Crippen LogP contribution in [0.1, 0.15) is 32.1 Å². The molecule has 82 valence electrons. The number of ether oxygens (including phenoxy) is 1. The first-order valence-electron chi connectivity index (χ1n) is 5.27. The third-order valence-corrected chi connectivity index (χ3v) is 2.68. The molecule has 3 N–H and O–H groups in total. The molecule has 14 heavy (non-hydrogen) atoms. The van der Waals surface area contributed by atoms with Crippen LogP contribution >= 0.6 is 0 Å². The van der Waals surface area contributed by atoms with Crippen LogP contribution in [0.3, 0.4) is 0 Å². The largest absolute Gasteiger partial charge is 0.464 e. The van der Waals surface area contributed by atoms with E-state index in [0.29, 0.717) is 12.5 Å². The molecule has 1 aliphatic rings. The van der Waals surface area contributed by atoms with Crippen molar-refractivity contribution in [1.29, 1.82) is 0 Å². The van der Waals surface area contributed by atoms with Gasteiger partial charge in [-0.15, -0.1) is 0 Å². The highest BCUT2D eigenvalue weighted by Crippen LogP contribution is 2.24. The summed E-state index contributed by atoms with van der Waals surface area (Å²) in [6.45, 7) is 0.428. The number of carbonyl (C=O) groups excluding carboxylic acids is 1. The van der Waals surface area contributed by atoms with Gasteiger partial charge in [-0.1, -0.05) is 12.8 Å². The molecule has 0 aromatic heterocycles. The lowest BCUT2D eigenvalue weighted by atomic mass is 10.1. The van der Waals surface area contributed by atoms with Gasteiger partial charge in [0.15, 0.2) is 0 Å². The third-order valence-electron chi connectivity index (χ3n) is 2.68. The molecule has 1 fully saturated rings. The molecule has 1 rings (SSSR count). The van der Waals surface area contributed by atoms with Crippen molar-refractivity contribution < 1.29 is 14.6 Å². The van der Waals surface area contributed by atoms with E-state index in [9.17, 15) is 4.79 Å². The molecule has 1 atom stereocenters. The Labute approximate surface area is 84.4 Å². The van der Waals surface area contributed by atoms with Crippen LogP contribution in [-0.2, 0) is 9.53 Å². The Morgan fingerprint density at radius 3 is 2.71 bits per heavy atom. The summed E-state index contributed by atoms with van der Waals surface area (Å²) in [6, 6.07) is -0.665. The Bertz CT molecular complexity index is 178. The van der Waals surface area contributed by atoms with Gasteiger partial charge in [0.1, 0.15) is 6.04 Å². The zero-order valence-corrected chi connectivity index (χ0v) is 8.45. The monoisotopic (exact) mass is 201 g/mol. The Hall–Kier alpha value is -0.610. The number of hydrogen-bond donors (Lipinski definition) is 2. The Kier molecular flexibility index (Phi) is 4.90. The number of hydrogen-bond acceptors (Lipinski definition) is 4. The summed E-state index contributed by atoms with van der Waals surface area (Å²) in [5.41, 5.74) is 5.48. The van der Waals surface area contributed by atoms with Crippen LogP contribution in [0.15, 0.2) is 0 Å². The topological polar surface area (TPSA) is 72.5 Å². The predicted molar refractivity (Wildman–Crippen MR) is 52.6 cm³/mol. The van der Waals surface area contributed by atoms with Gasteiger partial charge in [-0.3, -0.25) is 4.79 Å². The highest BCUT2D eigenvalue weighted by Gasteiger charge is 2.19. The van der Waals surface area contributed by atoms with Gasteiger partial charge in [0.2, 0.25) is 0 Å². The zero-order chi connectivity index (χ0) is 10.4. The molecule has 0 amide bonds. The second kappa shape index (κ2) is 5.98. The van der Waals surface area contributed by atoms with Crippen LogP contribution in [0, 0.1) is 5.92 Å². The number of aliphatic hydroxyl groups is 1. The second-order valence-electron chi connectivity index (χ2n) is 3.90. The van der Waals surface area contributed by atoms with Gasteiger partial charge in [0, 0.05) is 6.61 Å². The van der Waals surface area contributed by atoms with Crippen LogP contribution in [-0.4, -0.2) is 30.3 Å². The molecule has 0 radical (unpaired) electrons. The van der Waals surface area contributed by atoms with Crippen molar-refractivity contribution in [2.45, 2.75) is 38.1 Å². The fraction of sp³-hybridized carbons (Fsp3) is 0.900. The zero-order valence-electron chi connectivity index (χ0n) is 8.45. The van der Waals surface area contributed by atoms with E-state index < -0.39 is 6.04 Å². The number of nitrogens with two attached hydrogens (primary N) is 1. The molecule has 0 heterocycles. The Morgan fingerprint density at radius 1 is 1.50 bits per heavy atom. The molecule has 0 spiro atoms. The molecule has 0 aromatic rings. The van der Waals surface area contributed by atoms with E-state index >= 15 is 0 Å². The molecule has 4 heteroatoms. The van der Waals surface area contributed by atoms with Crippen LogP contribution in [0.2, 0.25) is 0 Å². The fourth-order valence-electron chi connectivity index (χ4n) is 1.74. The van der Waals surface area contributed by atoms with Gasteiger partial charge in [0.05, 0.1) is 6.61 Å². The van der Waals surface area contributed by atoms with Gasteiger partial charge in [-0.05, 0) is 25.2 Å². The van der Waals surface area contributed by atoms with Gasteiger partial charge >= 0.3 is 5.97 Å². The minimum atomic E-state index is -0.665. The summed E-state index contributed by atoms with van der Waals surface area (Å²) >= 11 is 0. The van der Waals surface area contributed by atoms with Crippen molar-refractivity contribution in [3.63, 3.8) is 0 Å². The SMILES string of the molecule is N[C@@H](CCO)C(=O)OCC1CCCC1. The number of esters is 1. The lowest BCUT2D eigenvalue weighted by Gasteiger charge is -2.13. The van der Waals surface area contributed by atoms with Crippen LogP contribution in [0.5, 0.6) is 0 Å². The van der Waals surface area contributed by atoms with E-state index in [1.165, 1.54) is 12.8 Å². The van der Waals surface area contributed by atoms with Gasteiger partial charge in [-0.2, -0.15) is 0 Å². The smallest absolute Gasteiger partial charge is 0.323 e. The maximum Gasteiger partial charge on any atom is 0.323 e. The molecule has 0 unspecified atom stereocenters. The van der Waals surface area contributed by atoms with E-state index in [2.05, 4.69) is 0 Å². The van der Waals surface area contributed by atoms with Crippen molar-refractivity contribution in [3.8, 4) is 0 Å². The summed E-state index contributed by atoms with van der Waals surface area (Å²) in [5, 5.41) is 8.58. The summed E-state index contributed by atoms with van der Waals surface area (Å²) in [4.78, 5) is 11.2. The number of rotatable bonds is 5. The lowest BCUT2D eigenvalue weighted by Crippen LogP contribution is -2.34. The normalized spacial score (nSPS) is 19.6. The van der Waals surface area contributed by atoms with E-state index in [0.717, 1.165) is 12.8 Å². The molecule has 0 aliphatic heterocycles. The maximum atomic E-state index is 11.2. The van der Waals surface area contributed by atoms with E-state index in [1.54, 1.807) is 0 Å². The van der Waals surface area contributed by atoms with Crippen molar-refractivity contribution >= 4 is 5.97 Å². The molecule has 0 aromatic carbocycles. The number of carbonyl (C=O) groups is 1. The lowest BCUT2D eigenvalue weighted by molar-refractivity contribution is -0.146. The van der Waals surface area contributed by atoms with Crippen molar-refractivity contribution in [2.24, 2.45) is 11.7 Å². The van der Waals surface area contributed by atoms with Crippen LogP contribution < -0.4 is 5.73 Å². The van der Waals surface area contributed by atoms with Gasteiger partial charge in [-0.25, -0.2) is 0 Å². The highest BCUT2D eigenvalue weighted by molar-refractivity contribution is 5.75.